The maximum atomic E-state index is 13.2. The number of alkyl halides is 3. The maximum Gasteiger partial charge on any atom is 0.427 e. The van der Waals surface area contributed by atoms with Crippen LogP contribution in [-0.4, -0.2) is 36.5 Å². The van der Waals surface area contributed by atoms with Gasteiger partial charge < -0.3 is 9.47 Å². The largest absolute Gasteiger partial charge is 0.461 e. The second-order valence-electron chi connectivity index (χ2n) is 6.23. The Hall–Kier alpha value is -1.000. The third kappa shape index (κ3) is 3.99. The van der Waals surface area contributed by atoms with E-state index in [0.717, 1.165) is 15.6 Å². The Labute approximate surface area is 195 Å². The third-order valence-corrected chi connectivity index (χ3v) is 7.91. The minimum atomic E-state index is -4.17. The van der Waals surface area contributed by atoms with Crippen LogP contribution < -0.4 is 4.74 Å². The van der Waals surface area contributed by atoms with Gasteiger partial charge >= 0.3 is 6.09 Å². The number of cyclic esters (lactones) is 1. The Morgan fingerprint density at radius 2 is 1.83 bits per heavy atom. The number of amides is 1. The lowest BCUT2D eigenvalue weighted by Gasteiger charge is -2.32. The zero-order chi connectivity index (χ0) is 21.4. The van der Waals surface area contributed by atoms with E-state index >= 15 is 0 Å². The highest BCUT2D eigenvalue weighted by atomic mass is 79.9. The van der Waals surface area contributed by atoms with Crippen LogP contribution in [0.5, 0.6) is 5.75 Å². The number of halogens is 4. The number of hydrogen-bond acceptors (Lipinski definition) is 5. The summed E-state index contributed by atoms with van der Waals surface area (Å²) in [5, 5.41) is 0.194. The van der Waals surface area contributed by atoms with Crippen molar-refractivity contribution in [2.45, 2.75) is 22.4 Å². The highest BCUT2D eigenvalue weighted by Gasteiger charge is 2.63. The molecule has 0 bridgehead atoms. The molecule has 1 fully saturated rings. The van der Waals surface area contributed by atoms with E-state index in [-0.39, 0.29) is 16.8 Å². The van der Waals surface area contributed by atoms with E-state index in [9.17, 15) is 13.2 Å². The van der Waals surface area contributed by atoms with Crippen LogP contribution in [0.2, 0.25) is 0 Å². The van der Waals surface area contributed by atoms with Crippen molar-refractivity contribution < 1.29 is 22.7 Å². The maximum absolute atomic E-state index is 13.2. The van der Waals surface area contributed by atoms with Crippen LogP contribution in [0.15, 0.2) is 51.8 Å². The number of nitrogens with zero attached hydrogens (tertiary/aromatic N) is 1. The predicted molar refractivity (Wildman–Crippen MR) is 117 cm³/mol. The van der Waals surface area contributed by atoms with Crippen molar-refractivity contribution in [3.05, 3.63) is 58.1 Å². The van der Waals surface area contributed by atoms with Crippen LogP contribution in [0.1, 0.15) is 16.0 Å². The Balaban J connectivity index is 0.000000755. The molecule has 2 heterocycles. The third-order valence-electron chi connectivity index (χ3n) is 4.40. The van der Waals surface area contributed by atoms with Crippen LogP contribution in [0.25, 0.3) is 0 Å². The van der Waals surface area contributed by atoms with Crippen LogP contribution in [0.4, 0.5) is 4.79 Å². The van der Waals surface area contributed by atoms with Crippen molar-refractivity contribution in [3.8, 4) is 5.75 Å². The highest BCUT2D eigenvalue weighted by Crippen LogP contribution is 2.54. The molecule has 156 valence electrons. The first-order chi connectivity index (χ1) is 13.7. The van der Waals surface area contributed by atoms with Crippen molar-refractivity contribution in [1.29, 1.82) is 0 Å². The molecule has 2 aromatic rings. The monoisotopic (exact) mass is 585 g/mol. The molecule has 0 aliphatic carbocycles. The van der Waals surface area contributed by atoms with Crippen molar-refractivity contribution in [2.24, 2.45) is 0 Å². The SMILES string of the molecule is Cc1ccc(S(=O)(=O)N2C(=O)OC[C@@]23Oc2ccc(Br)cc2[C@@H]3Br)cc1.ClCCl. The van der Waals surface area contributed by atoms with E-state index in [1.807, 2.05) is 13.0 Å². The Morgan fingerprint density at radius 1 is 1.21 bits per heavy atom. The van der Waals surface area contributed by atoms with E-state index in [0.29, 0.717) is 10.1 Å². The number of rotatable bonds is 2. The Bertz CT molecular complexity index is 1040. The fourth-order valence-electron chi connectivity index (χ4n) is 3.10. The van der Waals surface area contributed by atoms with E-state index in [4.69, 9.17) is 32.7 Å². The Morgan fingerprint density at radius 3 is 2.45 bits per heavy atom. The number of sulfonamides is 1. The van der Waals surface area contributed by atoms with Gasteiger partial charge in [0.2, 0.25) is 0 Å². The summed E-state index contributed by atoms with van der Waals surface area (Å²) in [7, 11) is -4.17. The van der Waals surface area contributed by atoms with Crippen molar-refractivity contribution in [3.63, 3.8) is 0 Å². The predicted octanol–water partition coefficient (Wildman–Crippen LogP) is 5.54. The van der Waals surface area contributed by atoms with Crippen molar-refractivity contribution >= 4 is 71.2 Å². The van der Waals surface area contributed by atoms with Crippen molar-refractivity contribution in [2.75, 3.05) is 11.9 Å². The minimum absolute atomic E-state index is 0.00163. The van der Waals surface area contributed by atoms with Gasteiger partial charge in [0, 0.05) is 10.0 Å². The van der Waals surface area contributed by atoms with Gasteiger partial charge in [0.1, 0.15) is 10.6 Å². The molecule has 1 amide bonds. The molecule has 1 spiro atoms. The number of benzene rings is 2. The molecule has 0 aromatic heterocycles. The summed E-state index contributed by atoms with van der Waals surface area (Å²) in [5.41, 5.74) is 0.140. The quantitative estimate of drug-likeness (QED) is 0.431. The van der Waals surface area contributed by atoms with Gasteiger partial charge in [0.15, 0.2) is 6.61 Å². The van der Waals surface area contributed by atoms with Gasteiger partial charge in [-0.3, -0.25) is 0 Å². The zero-order valence-electron chi connectivity index (χ0n) is 14.9. The summed E-state index contributed by atoms with van der Waals surface area (Å²) in [4.78, 5) is 11.8. The average Bonchev–Trinajstić information content (AvgIpc) is 3.14. The van der Waals surface area contributed by atoms with Gasteiger partial charge in [-0.05, 0) is 37.3 Å². The average molecular weight is 588 g/mol. The summed E-state index contributed by atoms with van der Waals surface area (Å²) in [6, 6.07) is 11.6. The summed E-state index contributed by atoms with van der Waals surface area (Å²) in [5.74, 6) is 0.498. The van der Waals surface area contributed by atoms with E-state index in [1.165, 1.54) is 12.1 Å². The second kappa shape index (κ2) is 8.63. The number of carbonyl (C=O) groups excluding carboxylic acids is 1. The summed E-state index contributed by atoms with van der Waals surface area (Å²) >= 11 is 16.4. The first-order valence-electron chi connectivity index (χ1n) is 8.20. The lowest BCUT2D eigenvalue weighted by Crippen LogP contribution is -2.54. The fourth-order valence-corrected chi connectivity index (χ4v) is 5.94. The fraction of sp³-hybridized carbons (Fsp3) is 0.278. The van der Waals surface area contributed by atoms with Gasteiger partial charge in [-0.1, -0.05) is 49.6 Å². The van der Waals surface area contributed by atoms with Crippen molar-refractivity contribution in [1.82, 2.24) is 4.31 Å². The van der Waals surface area contributed by atoms with Crippen LogP contribution in [0, 0.1) is 6.92 Å². The van der Waals surface area contributed by atoms with E-state index in [2.05, 4.69) is 31.9 Å². The van der Waals surface area contributed by atoms with E-state index < -0.39 is 26.7 Å². The van der Waals surface area contributed by atoms with E-state index in [1.54, 1.807) is 24.3 Å². The molecular weight excluding hydrogens is 573 g/mol. The number of carbonyl (C=O) groups is 1. The van der Waals surface area contributed by atoms with Gasteiger partial charge in [-0.2, -0.15) is 4.31 Å². The molecule has 6 nitrogen and oxygen atoms in total. The molecule has 2 aromatic carbocycles. The molecular formula is C18H15Br2Cl2NO5S. The molecule has 4 rings (SSSR count). The lowest BCUT2D eigenvalue weighted by atomic mass is 10.1. The molecule has 2 aliphatic heterocycles. The normalized spacial score (nSPS) is 22.6. The van der Waals surface area contributed by atoms with Gasteiger partial charge in [-0.25, -0.2) is 13.2 Å². The number of aryl methyl sites for hydroxylation is 1. The summed E-state index contributed by atoms with van der Waals surface area (Å²) in [6.07, 6.45) is -0.957. The number of hydrogen-bond donors (Lipinski definition) is 0. The number of fused-ring (bicyclic) bond motifs is 1. The van der Waals surface area contributed by atoms with Gasteiger partial charge in [0.25, 0.3) is 15.7 Å². The first kappa shape index (κ1) is 22.7. The lowest BCUT2D eigenvalue weighted by molar-refractivity contribution is 0.0193. The standard InChI is InChI=1S/C17H13Br2NO5S.CH2Cl2/c1-10-2-5-12(6-3-10)26(22,23)20-16(21)24-9-17(20)15(19)13-8-11(18)4-7-14(13)25-17;2-1-3/h2-8,15H,9H2,1H3;1H2/t15-,17-;/m0./s1. The number of ether oxygens (including phenoxy) is 2. The molecule has 1 saturated heterocycles. The molecule has 29 heavy (non-hydrogen) atoms. The topological polar surface area (TPSA) is 72.9 Å². The van der Waals surface area contributed by atoms with Gasteiger partial charge in [0.05, 0.1) is 10.2 Å². The highest BCUT2D eigenvalue weighted by molar-refractivity contribution is 9.10. The smallest absolute Gasteiger partial charge is 0.427 e. The minimum Gasteiger partial charge on any atom is -0.461 e. The van der Waals surface area contributed by atoms with Gasteiger partial charge in [-0.15, -0.1) is 23.2 Å². The molecule has 0 radical (unpaired) electrons. The zero-order valence-corrected chi connectivity index (χ0v) is 20.4. The molecule has 11 heteroatoms. The van der Waals surface area contributed by atoms with Crippen LogP contribution in [-0.2, 0) is 14.8 Å². The van der Waals surface area contributed by atoms with Crippen LogP contribution >= 0.6 is 55.1 Å². The first-order valence-corrected chi connectivity index (χ1v) is 12.4. The molecule has 2 aliphatic rings. The summed E-state index contributed by atoms with van der Waals surface area (Å²) < 4.78 is 39.0. The molecule has 0 unspecified atom stereocenters. The summed E-state index contributed by atoms with van der Waals surface area (Å²) in [6.45, 7) is 1.64. The molecule has 0 saturated carbocycles. The second-order valence-corrected chi connectivity index (χ2v) is 10.7. The Kier molecular flexibility index (Phi) is 6.75. The molecule has 2 atom stereocenters. The van der Waals surface area contributed by atoms with Crippen LogP contribution in [0.3, 0.4) is 0 Å². The molecule has 0 N–H and O–H groups in total.